The number of amides is 1. The van der Waals surface area contributed by atoms with Gasteiger partial charge >= 0.3 is 12.1 Å². The van der Waals surface area contributed by atoms with E-state index in [2.05, 4.69) is 15.4 Å². The predicted octanol–water partition coefficient (Wildman–Crippen LogP) is 3.48. The maximum atomic E-state index is 13.0. The van der Waals surface area contributed by atoms with Crippen molar-refractivity contribution in [1.29, 1.82) is 0 Å². The summed E-state index contributed by atoms with van der Waals surface area (Å²) in [6.07, 6.45) is 0.523. The minimum Gasteiger partial charge on any atom is -0.452 e. The molecule has 0 bridgehead atoms. The number of nitrogens with zero attached hydrogens (tertiary/aromatic N) is 3. The van der Waals surface area contributed by atoms with E-state index in [-0.39, 0.29) is 11.4 Å². The van der Waals surface area contributed by atoms with Crippen LogP contribution in [0.2, 0.25) is 0 Å². The number of aromatic nitrogens is 3. The lowest BCUT2D eigenvalue weighted by Crippen LogP contribution is -2.21. The van der Waals surface area contributed by atoms with E-state index < -0.39 is 30.2 Å². The van der Waals surface area contributed by atoms with E-state index in [0.29, 0.717) is 0 Å². The van der Waals surface area contributed by atoms with E-state index in [1.807, 2.05) is 6.07 Å². The second-order valence-corrected chi connectivity index (χ2v) is 5.97. The van der Waals surface area contributed by atoms with E-state index in [4.69, 9.17) is 4.74 Å². The first-order valence-electron chi connectivity index (χ1n) is 8.59. The Hall–Kier alpha value is -3.95. The van der Waals surface area contributed by atoms with E-state index >= 15 is 0 Å². The maximum Gasteiger partial charge on any atom is 0.416 e. The zero-order valence-electron chi connectivity index (χ0n) is 15.3. The average molecular weight is 416 g/mol. The molecule has 154 valence electrons. The molecule has 0 saturated heterocycles. The molecule has 0 unspecified atom stereocenters. The normalized spacial score (nSPS) is 11.4. The highest BCUT2D eigenvalue weighted by Gasteiger charge is 2.31. The Balaban J connectivity index is 1.68. The number of halogens is 3. The van der Waals surface area contributed by atoms with Gasteiger partial charge in [-0.05, 0) is 29.8 Å². The lowest BCUT2D eigenvalue weighted by atomic mass is 10.1. The summed E-state index contributed by atoms with van der Waals surface area (Å²) in [6.45, 7) is -0.676. The smallest absolute Gasteiger partial charge is 0.416 e. The summed E-state index contributed by atoms with van der Waals surface area (Å²) in [4.78, 5) is 27.6. The molecule has 3 rings (SSSR count). The third kappa shape index (κ3) is 5.53. The number of carbonyl (C=O) groups excluding carboxylic acids is 2. The van der Waals surface area contributed by atoms with Crippen LogP contribution in [0.25, 0.3) is 11.8 Å². The zero-order chi connectivity index (χ0) is 21.6. The van der Waals surface area contributed by atoms with Gasteiger partial charge in [0, 0.05) is 6.08 Å². The molecule has 0 spiro atoms. The summed E-state index contributed by atoms with van der Waals surface area (Å²) in [5.74, 6) is -1.58. The highest BCUT2D eigenvalue weighted by atomic mass is 19.4. The molecule has 0 fully saturated rings. The summed E-state index contributed by atoms with van der Waals surface area (Å²) in [7, 11) is 0. The van der Waals surface area contributed by atoms with Gasteiger partial charge in [0.05, 0.1) is 16.9 Å². The Labute approximate surface area is 168 Å². The SMILES string of the molecule is O=C(COC(=O)/C=C/c1ccccc1)Nc1cc(C(F)(F)F)ccc1-n1cncn1. The van der Waals surface area contributed by atoms with E-state index in [1.54, 1.807) is 24.3 Å². The van der Waals surface area contributed by atoms with Crippen molar-refractivity contribution in [2.75, 3.05) is 11.9 Å². The van der Waals surface area contributed by atoms with Crippen molar-refractivity contribution in [3.8, 4) is 5.69 Å². The van der Waals surface area contributed by atoms with Crippen LogP contribution in [-0.2, 0) is 20.5 Å². The van der Waals surface area contributed by atoms with Crippen molar-refractivity contribution >= 4 is 23.6 Å². The number of benzene rings is 2. The van der Waals surface area contributed by atoms with Crippen LogP contribution >= 0.6 is 0 Å². The number of hydrogen-bond acceptors (Lipinski definition) is 5. The maximum absolute atomic E-state index is 13.0. The minimum atomic E-state index is -4.60. The van der Waals surface area contributed by atoms with Gasteiger partial charge < -0.3 is 10.1 Å². The van der Waals surface area contributed by atoms with Crippen LogP contribution in [-0.4, -0.2) is 33.2 Å². The molecule has 3 aromatic rings. The number of alkyl halides is 3. The predicted molar refractivity (Wildman–Crippen MR) is 101 cm³/mol. The molecule has 0 saturated carbocycles. The van der Waals surface area contributed by atoms with Crippen molar-refractivity contribution in [3.63, 3.8) is 0 Å². The summed E-state index contributed by atoms with van der Waals surface area (Å²) in [5, 5.41) is 6.16. The topological polar surface area (TPSA) is 86.1 Å². The molecule has 10 heteroatoms. The third-order valence-electron chi connectivity index (χ3n) is 3.82. The first-order valence-corrected chi connectivity index (χ1v) is 8.59. The van der Waals surface area contributed by atoms with Crippen molar-refractivity contribution < 1.29 is 27.5 Å². The van der Waals surface area contributed by atoms with Gasteiger partial charge in [0.15, 0.2) is 6.61 Å². The number of esters is 1. The molecule has 1 amide bonds. The molecule has 30 heavy (non-hydrogen) atoms. The Bertz CT molecular complexity index is 1050. The number of carbonyl (C=O) groups is 2. The van der Waals surface area contributed by atoms with Gasteiger partial charge in [-0.3, -0.25) is 4.79 Å². The van der Waals surface area contributed by atoms with Gasteiger partial charge in [0.2, 0.25) is 0 Å². The standard InChI is InChI=1S/C20H15F3N4O3/c21-20(22,23)15-7-8-17(27-13-24-12-25-27)16(10-15)26-18(28)11-30-19(29)9-6-14-4-2-1-3-5-14/h1-10,12-13H,11H2,(H,26,28)/b9-6+. The molecule has 0 aliphatic heterocycles. The summed E-state index contributed by atoms with van der Waals surface area (Å²) in [5.41, 5.74) is -0.176. The van der Waals surface area contributed by atoms with Crippen molar-refractivity contribution in [3.05, 3.63) is 78.4 Å². The van der Waals surface area contributed by atoms with Gasteiger partial charge in [0.25, 0.3) is 5.91 Å². The van der Waals surface area contributed by atoms with Crippen LogP contribution in [0.3, 0.4) is 0 Å². The third-order valence-corrected chi connectivity index (χ3v) is 3.82. The minimum absolute atomic E-state index is 0.156. The van der Waals surface area contributed by atoms with Gasteiger partial charge in [0.1, 0.15) is 12.7 Å². The Morgan fingerprint density at radius 2 is 1.90 bits per heavy atom. The van der Waals surface area contributed by atoms with Crippen molar-refractivity contribution in [2.45, 2.75) is 6.18 Å². The van der Waals surface area contributed by atoms with Gasteiger partial charge in [-0.15, -0.1) is 0 Å². The van der Waals surface area contributed by atoms with Crippen LogP contribution in [0.1, 0.15) is 11.1 Å². The molecule has 0 aliphatic rings. The molecule has 1 N–H and O–H groups in total. The summed E-state index contributed by atoms with van der Waals surface area (Å²) >= 11 is 0. The van der Waals surface area contributed by atoms with Crippen LogP contribution in [0.4, 0.5) is 18.9 Å². The second-order valence-electron chi connectivity index (χ2n) is 5.97. The highest BCUT2D eigenvalue weighted by Crippen LogP contribution is 2.33. The van der Waals surface area contributed by atoms with E-state index in [9.17, 15) is 22.8 Å². The molecule has 2 aromatic carbocycles. The molecule has 1 heterocycles. The fourth-order valence-electron chi connectivity index (χ4n) is 2.44. The molecular weight excluding hydrogens is 401 g/mol. The number of nitrogens with one attached hydrogen (secondary N) is 1. The Morgan fingerprint density at radius 1 is 1.13 bits per heavy atom. The molecule has 1 aromatic heterocycles. The average Bonchev–Trinajstić information content (AvgIpc) is 3.25. The van der Waals surface area contributed by atoms with Crippen LogP contribution in [0, 0.1) is 0 Å². The van der Waals surface area contributed by atoms with Gasteiger partial charge in [-0.25, -0.2) is 14.5 Å². The fraction of sp³-hybridized carbons (Fsp3) is 0.100. The van der Waals surface area contributed by atoms with Gasteiger partial charge in [-0.2, -0.15) is 18.3 Å². The zero-order valence-corrected chi connectivity index (χ0v) is 15.3. The van der Waals surface area contributed by atoms with Crippen molar-refractivity contribution in [2.24, 2.45) is 0 Å². The second kappa shape index (κ2) is 9.03. The fourth-order valence-corrected chi connectivity index (χ4v) is 2.44. The lowest BCUT2D eigenvalue weighted by molar-refractivity contribution is -0.142. The number of ether oxygens (including phenoxy) is 1. The molecule has 7 nitrogen and oxygen atoms in total. The number of rotatable bonds is 6. The van der Waals surface area contributed by atoms with Crippen LogP contribution in [0.15, 0.2) is 67.3 Å². The van der Waals surface area contributed by atoms with Crippen LogP contribution < -0.4 is 5.32 Å². The molecule has 0 aliphatic carbocycles. The van der Waals surface area contributed by atoms with E-state index in [1.165, 1.54) is 23.4 Å². The summed E-state index contributed by atoms with van der Waals surface area (Å²) < 4.78 is 45.1. The molecule has 0 radical (unpaired) electrons. The van der Waals surface area contributed by atoms with Gasteiger partial charge in [-0.1, -0.05) is 30.3 Å². The molecular formula is C20H15F3N4O3. The number of anilines is 1. The first kappa shape index (κ1) is 20.8. The lowest BCUT2D eigenvalue weighted by Gasteiger charge is -2.14. The Morgan fingerprint density at radius 3 is 2.57 bits per heavy atom. The van der Waals surface area contributed by atoms with Crippen molar-refractivity contribution in [1.82, 2.24) is 14.8 Å². The quantitative estimate of drug-likeness (QED) is 0.491. The van der Waals surface area contributed by atoms with Crippen LogP contribution in [0.5, 0.6) is 0 Å². The Kier molecular flexibility index (Phi) is 6.26. The van der Waals surface area contributed by atoms with E-state index in [0.717, 1.165) is 29.8 Å². The number of hydrogen-bond donors (Lipinski definition) is 1. The molecule has 0 atom stereocenters. The largest absolute Gasteiger partial charge is 0.452 e. The summed E-state index contributed by atoms with van der Waals surface area (Å²) in [6, 6.07) is 11.7. The first-order chi connectivity index (χ1) is 14.3. The monoisotopic (exact) mass is 416 g/mol. The highest BCUT2D eigenvalue weighted by molar-refractivity contribution is 5.96.